The van der Waals surface area contributed by atoms with Crippen LogP contribution < -0.4 is 22.1 Å². The molecule has 2 heterocycles. The maximum atomic E-state index is 12.4. The zero-order valence-electron chi connectivity index (χ0n) is 20.3. The summed E-state index contributed by atoms with van der Waals surface area (Å²) in [6, 6.07) is 2.61. The number of hydrogen-bond donors (Lipinski definition) is 7. The zero-order chi connectivity index (χ0) is 27.3. The number of aliphatic hydroxyl groups excluding tert-OH is 1. The number of carbonyl (C=O) groups is 3. The van der Waals surface area contributed by atoms with Crippen LogP contribution in [0.1, 0.15) is 36.7 Å². The molecule has 9 N–H and O–H groups in total. The van der Waals surface area contributed by atoms with E-state index in [1.807, 2.05) is 6.08 Å². The van der Waals surface area contributed by atoms with Gasteiger partial charge in [0.1, 0.15) is 11.9 Å². The summed E-state index contributed by atoms with van der Waals surface area (Å²) in [6.45, 7) is 2.77. The van der Waals surface area contributed by atoms with Gasteiger partial charge >= 0.3 is 5.97 Å². The first-order valence-corrected chi connectivity index (χ1v) is 12.0. The minimum absolute atomic E-state index is 0.000789. The number of aryl methyl sites for hydroxylation is 1. The third-order valence-electron chi connectivity index (χ3n) is 6.15. The van der Waals surface area contributed by atoms with E-state index in [4.69, 9.17) is 32.9 Å². The number of furan rings is 1. The fraction of sp³-hybridized carbons (Fsp3) is 0.417. The van der Waals surface area contributed by atoms with Gasteiger partial charge in [0.25, 0.3) is 0 Å². The van der Waals surface area contributed by atoms with Crippen molar-refractivity contribution in [3.8, 4) is 0 Å². The Labute approximate surface area is 218 Å². The molecule has 3 unspecified atom stereocenters. The van der Waals surface area contributed by atoms with E-state index in [1.165, 1.54) is 0 Å². The molecule has 37 heavy (non-hydrogen) atoms. The van der Waals surface area contributed by atoms with Crippen molar-refractivity contribution in [3.63, 3.8) is 0 Å². The third-order valence-corrected chi connectivity index (χ3v) is 6.45. The van der Waals surface area contributed by atoms with Crippen LogP contribution in [0.3, 0.4) is 0 Å². The number of halogens is 1. The molecule has 13 heteroatoms. The van der Waals surface area contributed by atoms with Gasteiger partial charge in [-0.1, -0.05) is 35.4 Å². The van der Waals surface area contributed by atoms with Crippen LogP contribution in [0.15, 0.2) is 34.3 Å². The Kier molecular flexibility index (Phi) is 9.14. The number of carboxylic acid groups (broad SMARTS) is 1. The quantitative estimate of drug-likeness (QED) is 0.0936. The molecule has 1 aliphatic rings. The summed E-state index contributed by atoms with van der Waals surface area (Å²) in [5.41, 5.74) is 13.2. The summed E-state index contributed by atoms with van der Waals surface area (Å²) < 4.78 is 5.64. The van der Waals surface area contributed by atoms with Crippen LogP contribution in [0.2, 0.25) is 5.02 Å². The van der Waals surface area contributed by atoms with Crippen molar-refractivity contribution in [1.29, 1.82) is 5.41 Å². The van der Waals surface area contributed by atoms with Crippen LogP contribution in [0.25, 0.3) is 11.0 Å². The topological polar surface area (TPSA) is 208 Å². The molecule has 0 saturated heterocycles. The van der Waals surface area contributed by atoms with Gasteiger partial charge in [0, 0.05) is 37.0 Å². The normalized spacial score (nSPS) is 15.7. The molecule has 0 bridgehead atoms. The van der Waals surface area contributed by atoms with Crippen LogP contribution in [0, 0.1) is 12.3 Å². The number of nitrogens with one attached hydrogen (secondary N) is 3. The van der Waals surface area contributed by atoms with Crippen LogP contribution in [0.5, 0.6) is 0 Å². The van der Waals surface area contributed by atoms with E-state index in [-0.39, 0.29) is 37.0 Å². The van der Waals surface area contributed by atoms with Crippen molar-refractivity contribution < 1.29 is 29.0 Å². The number of nitrogens with two attached hydrogens (primary N) is 2. The monoisotopic (exact) mass is 534 g/mol. The van der Waals surface area contributed by atoms with Gasteiger partial charge in [0.05, 0.1) is 11.1 Å². The van der Waals surface area contributed by atoms with Gasteiger partial charge in [-0.05, 0) is 25.8 Å². The van der Waals surface area contributed by atoms with Crippen LogP contribution in [0.4, 0.5) is 0 Å². The summed E-state index contributed by atoms with van der Waals surface area (Å²) in [4.78, 5) is 38.1. The number of carboxylic acids is 1. The molecule has 200 valence electrons. The maximum Gasteiger partial charge on any atom is 0.329 e. The fourth-order valence-electron chi connectivity index (χ4n) is 4.09. The second kappa shape index (κ2) is 12.1. The lowest BCUT2D eigenvalue weighted by Gasteiger charge is -2.19. The van der Waals surface area contributed by atoms with E-state index in [0.29, 0.717) is 41.1 Å². The van der Waals surface area contributed by atoms with E-state index >= 15 is 0 Å². The standard InChI is InChI=1S/C24H31ClN6O6/c1-12-14-4-2-5-15(25)21(14)37-20(12)19(33)18(23(35)36)30-17(32)6-3-8-29-22(34)16(26)10-13-7-9-31(11-13)24(27)28/h2,4-5,7,16,18-19,33H,3,6,8-11,26H2,1H3,(H3,27,28)(H,29,34)(H,30,32)(H,35,36). The average molecular weight is 535 g/mol. The molecule has 1 aromatic heterocycles. The lowest BCUT2D eigenvalue weighted by atomic mass is 10.0. The number of guanidine groups is 1. The highest BCUT2D eigenvalue weighted by molar-refractivity contribution is 6.34. The predicted molar refractivity (Wildman–Crippen MR) is 137 cm³/mol. The first-order chi connectivity index (χ1) is 17.5. The van der Waals surface area contributed by atoms with E-state index in [0.717, 1.165) is 5.57 Å². The summed E-state index contributed by atoms with van der Waals surface area (Å²) in [5.74, 6) is -2.48. The molecule has 3 atom stereocenters. The minimum atomic E-state index is -1.65. The smallest absolute Gasteiger partial charge is 0.329 e. The first kappa shape index (κ1) is 28.0. The molecule has 1 aromatic carbocycles. The second-order valence-corrected chi connectivity index (χ2v) is 9.28. The summed E-state index contributed by atoms with van der Waals surface area (Å²) in [7, 11) is 0. The van der Waals surface area contributed by atoms with Crippen molar-refractivity contribution in [2.45, 2.75) is 44.4 Å². The van der Waals surface area contributed by atoms with E-state index in [9.17, 15) is 24.6 Å². The van der Waals surface area contributed by atoms with Gasteiger partial charge in [-0.2, -0.15) is 0 Å². The number of nitrogens with zero attached hydrogens (tertiary/aromatic N) is 1. The molecule has 2 aromatic rings. The molecule has 3 rings (SSSR count). The SMILES string of the molecule is Cc1c(C(O)C(NC(=O)CCCNC(=O)C(N)CC2=CCN(C(=N)N)C2)C(=O)O)oc2c(Cl)cccc12. The molecule has 1 aliphatic heterocycles. The summed E-state index contributed by atoms with van der Waals surface area (Å²) >= 11 is 6.13. The van der Waals surface area contributed by atoms with Crippen molar-refractivity contribution >= 4 is 46.3 Å². The molecule has 0 saturated carbocycles. The Balaban J connectivity index is 1.47. The van der Waals surface area contributed by atoms with Crippen LogP contribution >= 0.6 is 11.6 Å². The Morgan fingerprint density at radius 2 is 2.05 bits per heavy atom. The van der Waals surface area contributed by atoms with Gasteiger partial charge in [-0.15, -0.1) is 0 Å². The number of amides is 2. The molecular formula is C24H31ClN6O6. The number of para-hydroxylation sites is 1. The molecule has 0 radical (unpaired) electrons. The zero-order valence-corrected chi connectivity index (χ0v) is 21.0. The lowest BCUT2D eigenvalue weighted by Crippen LogP contribution is -2.45. The molecule has 12 nitrogen and oxygen atoms in total. The minimum Gasteiger partial charge on any atom is -0.480 e. The molecule has 0 aliphatic carbocycles. The van der Waals surface area contributed by atoms with Crippen molar-refractivity contribution in [2.75, 3.05) is 19.6 Å². The highest BCUT2D eigenvalue weighted by Crippen LogP contribution is 2.34. The molecular weight excluding hydrogens is 504 g/mol. The molecule has 0 fully saturated rings. The summed E-state index contributed by atoms with van der Waals surface area (Å²) in [5, 5.41) is 33.7. The van der Waals surface area contributed by atoms with Gasteiger partial charge < -0.3 is 41.6 Å². The van der Waals surface area contributed by atoms with Gasteiger partial charge in [0.15, 0.2) is 17.6 Å². The Morgan fingerprint density at radius 3 is 2.68 bits per heavy atom. The molecule has 0 spiro atoms. The Bertz CT molecular complexity index is 1230. The van der Waals surface area contributed by atoms with Crippen molar-refractivity contribution in [3.05, 3.63) is 46.2 Å². The van der Waals surface area contributed by atoms with Gasteiger partial charge in [-0.25, -0.2) is 4.79 Å². The fourth-order valence-corrected chi connectivity index (χ4v) is 4.31. The Morgan fingerprint density at radius 1 is 1.32 bits per heavy atom. The Hall–Kier alpha value is -3.61. The average Bonchev–Trinajstić information content (AvgIpc) is 3.45. The number of aliphatic hydroxyl groups is 1. The number of hydrogen-bond acceptors (Lipinski definition) is 7. The van der Waals surface area contributed by atoms with Crippen LogP contribution in [-0.4, -0.2) is 70.6 Å². The number of fused-ring (bicyclic) bond motifs is 1. The van der Waals surface area contributed by atoms with E-state index in [2.05, 4.69) is 10.6 Å². The van der Waals surface area contributed by atoms with Crippen LogP contribution in [-0.2, 0) is 14.4 Å². The van der Waals surface area contributed by atoms with Gasteiger partial charge in [0.2, 0.25) is 11.8 Å². The third kappa shape index (κ3) is 6.79. The predicted octanol–water partition coefficient (Wildman–Crippen LogP) is 0.747. The van der Waals surface area contributed by atoms with E-state index < -0.39 is 30.1 Å². The highest BCUT2D eigenvalue weighted by atomic mass is 35.5. The number of aliphatic carboxylic acids is 1. The highest BCUT2D eigenvalue weighted by Gasteiger charge is 2.33. The number of rotatable bonds is 11. The second-order valence-electron chi connectivity index (χ2n) is 8.87. The van der Waals surface area contributed by atoms with Gasteiger partial charge in [-0.3, -0.25) is 15.0 Å². The lowest BCUT2D eigenvalue weighted by molar-refractivity contribution is -0.145. The molecule has 2 amide bonds. The van der Waals surface area contributed by atoms with Crippen molar-refractivity contribution in [1.82, 2.24) is 15.5 Å². The first-order valence-electron chi connectivity index (χ1n) is 11.7. The van der Waals surface area contributed by atoms with E-state index in [1.54, 1.807) is 30.0 Å². The largest absolute Gasteiger partial charge is 0.480 e. The number of benzene rings is 1. The maximum absolute atomic E-state index is 12.4. The van der Waals surface area contributed by atoms with Crippen molar-refractivity contribution in [2.24, 2.45) is 11.5 Å². The number of carbonyl (C=O) groups excluding carboxylic acids is 2. The summed E-state index contributed by atoms with van der Waals surface area (Å²) in [6.07, 6.45) is 0.697.